The zero-order valence-corrected chi connectivity index (χ0v) is 15.9. The molecule has 0 aliphatic heterocycles. The van der Waals surface area contributed by atoms with E-state index in [1.807, 2.05) is 42.5 Å². The highest BCUT2D eigenvalue weighted by molar-refractivity contribution is 5.94. The number of rotatable bonds is 4. The molecule has 1 atom stereocenters. The molecule has 4 N–H and O–H groups in total. The van der Waals surface area contributed by atoms with E-state index in [9.17, 15) is 4.79 Å². The molecule has 0 bridgehead atoms. The van der Waals surface area contributed by atoms with Gasteiger partial charge in [0.15, 0.2) is 0 Å². The van der Waals surface area contributed by atoms with Crippen molar-refractivity contribution in [2.24, 2.45) is 5.73 Å². The van der Waals surface area contributed by atoms with Gasteiger partial charge in [0.05, 0.1) is 18.2 Å². The van der Waals surface area contributed by atoms with Crippen LogP contribution in [0.5, 0.6) is 0 Å². The average molecular weight is 394 g/mol. The number of imidazole rings is 1. The number of fused-ring (bicyclic) bond motifs is 1. The highest BCUT2D eigenvalue weighted by Gasteiger charge is 2.34. The second-order valence-corrected chi connectivity index (χ2v) is 7.06. The van der Waals surface area contributed by atoms with Gasteiger partial charge in [0.2, 0.25) is 5.56 Å². The van der Waals surface area contributed by atoms with Crippen LogP contribution in [-0.4, -0.2) is 24.9 Å². The van der Waals surface area contributed by atoms with Crippen LogP contribution in [-0.2, 0) is 5.54 Å². The molecule has 0 amide bonds. The normalized spacial score (nSPS) is 13.2. The van der Waals surface area contributed by atoms with Crippen molar-refractivity contribution in [2.75, 3.05) is 0 Å². The second-order valence-electron chi connectivity index (χ2n) is 7.06. The minimum atomic E-state index is -0.999. The topological polar surface area (TPSA) is 113 Å². The maximum atomic E-state index is 12.2. The standard InChI is InChI=1S/C23H18N6O/c24-23(21-13-27-14-28-21,17-4-2-8-26-12-17)16-5-6-20-19(9-16)18(10-22(30)29-20)15-3-1-7-25-11-15/h1-14H,24H2,(H,27,28)(H,29,30). The molecule has 0 saturated carbocycles. The molecular weight excluding hydrogens is 376 g/mol. The molecule has 5 rings (SSSR count). The quantitative estimate of drug-likeness (QED) is 0.434. The molecule has 7 nitrogen and oxygen atoms in total. The highest BCUT2D eigenvalue weighted by Crippen LogP contribution is 2.35. The maximum absolute atomic E-state index is 12.2. The summed E-state index contributed by atoms with van der Waals surface area (Å²) >= 11 is 0. The van der Waals surface area contributed by atoms with Crippen molar-refractivity contribution in [3.63, 3.8) is 0 Å². The van der Waals surface area contributed by atoms with Crippen LogP contribution >= 0.6 is 0 Å². The maximum Gasteiger partial charge on any atom is 0.249 e. The Balaban J connectivity index is 1.80. The number of nitrogens with one attached hydrogen (secondary N) is 2. The molecule has 1 aromatic carbocycles. The smallest absolute Gasteiger partial charge is 0.249 e. The van der Waals surface area contributed by atoms with Crippen LogP contribution < -0.4 is 11.3 Å². The van der Waals surface area contributed by atoms with E-state index in [2.05, 4.69) is 24.9 Å². The van der Waals surface area contributed by atoms with Gasteiger partial charge in [-0.2, -0.15) is 0 Å². The van der Waals surface area contributed by atoms with Gasteiger partial charge in [0, 0.05) is 52.9 Å². The Bertz CT molecular complexity index is 1360. The summed E-state index contributed by atoms with van der Waals surface area (Å²) in [5.74, 6) is 0. The van der Waals surface area contributed by atoms with Crippen LogP contribution in [0.1, 0.15) is 16.8 Å². The van der Waals surface area contributed by atoms with Crippen molar-refractivity contribution in [3.05, 3.63) is 113 Å². The Kier molecular flexibility index (Phi) is 4.22. The predicted molar refractivity (Wildman–Crippen MR) is 115 cm³/mol. The fourth-order valence-electron chi connectivity index (χ4n) is 3.81. The average Bonchev–Trinajstić information content (AvgIpc) is 3.34. The van der Waals surface area contributed by atoms with E-state index < -0.39 is 5.54 Å². The Labute approximate surface area is 171 Å². The molecular formula is C23H18N6O. The number of hydrogen-bond acceptors (Lipinski definition) is 5. The summed E-state index contributed by atoms with van der Waals surface area (Å²) in [6.45, 7) is 0. The lowest BCUT2D eigenvalue weighted by atomic mass is 9.81. The van der Waals surface area contributed by atoms with Gasteiger partial charge in [-0.05, 0) is 35.4 Å². The zero-order valence-electron chi connectivity index (χ0n) is 15.9. The molecule has 146 valence electrons. The van der Waals surface area contributed by atoms with E-state index in [1.54, 1.807) is 43.4 Å². The largest absolute Gasteiger partial charge is 0.346 e. The number of pyridine rings is 3. The molecule has 0 spiro atoms. The Morgan fingerprint density at radius 2 is 1.70 bits per heavy atom. The molecule has 0 fully saturated rings. The van der Waals surface area contributed by atoms with Crippen LogP contribution in [0.3, 0.4) is 0 Å². The summed E-state index contributed by atoms with van der Waals surface area (Å²) < 4.78 is 0. The van der Waals surface area contributed by atoms with Crippen molar-refractivity contribution in [3.8, 4) is 11.1 Å². The number of benzene rings is 1. The van der Waals surface area contributed by atoms with E-state index in [1.165, 1.54) is 0 Å². The van der Waals surface area contributed by atoms with Gasteiger partial charge < -0.3 is 15.7 Å². The lowest BCUT2D eigenvalue weighted by Gasteiger charge is -2.29. The molecule has 30 heavy (non-hydrogen) atoms. The third-order valence-corrected chi connectivity index (χ3v) is 5.31. The first-order chi connectivity index (χ1) is 14.7. The van der Waals surface area contributed by atoms with Gasteiger partial charge in [0.1, 0.15) is 5.54 Å². The number of nitrogens with zero attached hydrogens (tertiary/aromatic N) is 3. The van der Waals surface area contributed by atoms with Crippen LogP contribution in [0.4, 0.5) is 0 Å². The first-order valence-electron chi connectivity index (χ1n) is 9.42. The number of aromatic amines is 2. The second kappa shape index (κ2) is 7.06. The van der Waals surface area contributed by atoms with E-state index in [0.717, 1.165) is 38.9 Å². The van der Waals surface area contributed by atoms with Crippen LogP contribution in [0.2, 0.25) is 0 Å². The zero-order chi connectivity index (χ0) is 20.6. The summed E-state index contributed by atoms with van der Waals surface area (Å²) in [5, 5.41) is 0.873. The van der Waals surface area contributed by atoms with Crippen LogP contribution in [0.15, 0.2) is 90.6 Å². The summed E-state index contributed by atoms with van der Waals surface area (Å²) in [6, 6.07) is 14.9. The summed E-state index contributed by atoms with van der Waals surface area (Å²) in [6.07, 6.45) is 10.2. The van der Waals surface area contributed by atoms with Crippen molar-refractivity contribution >= 4 is 10.9 Å². The van der Waals surface area contributed by atoms with E-state index in [0.29, 0.717) is 0 Å². The Hall–Kier alpha value is -4.10. The Morgan fingerprint density at radius 1 is 0.867 bits per heavy atom. The van der Waals surface area contributed by atoms with Gasteiger partial charge in [-0.15, -0.1) is 0 Å². The highest BCUT2D eigenvalue weighted by atomic mass is 16.1. The van der Waals surface area contributed by atoms with E-state index in [-0.39, 0.29) is 5.56 Å². The van der Waals surface area contributed by atoms with Gasteiger partial charge in [-0.1, -0.05) is 18.2 Å². The third kappa shape index (κ3) is 2.89. The molecule has 5 aromatic rings. The van der Waals surface area contributed by atoms with Crippen LogP contribution in [0, 0.1) is 0 Å². The first-order valence-corrected chi connectivity index (χ1v) is 9.42. The van der Waals surface area contributed by atoms with Crippen molar-refractivity contribution in [1.29, 1.82) is 0 Å². The minimum absolute atomic E-state index is 0.172. The molecule has 7 heteroatoms. The van der Waals surface area contributed by atoms with Crippen molar-refractivity contribution in [1.82, 2.24) is 24.9 Å². The number of hydrogen-bond donors (Lipinski definition) is 3. The fraction of sp³-hybridized carbons (Fsp3) is 0.0435. The minimum Gasteiger partial charge on any atom is -0.346 e. The van der Waals surface area contributed by atoms with E-state index in [4.69, 9.17) is 5.73 Å². The molecule has 0 radical (unpaired) electrons. The lowest BCUT2D eigenvalue weighted by Crippen LogP contribution is -2.39. The Morgan fingerprint density at radius 3 is 2.40 bits per heavy atom. The third-order valence-electron chi connectivity index (χ3n) is 5.31. The lowest BCUT2D eigenvalue weighted by molar-refractivity contribution is 0.630. The monoisotopic (exact) mass is 394 g/mol. The van der Waals surface area contributed by atoms with Crippen molar-refractivity contribution in [2.45, 2.75) is 5.54 Å². The molecule has 0 aliphatic carbocycles. The molecule has 1 unspecified atom stereocenters. The molecule has 4 aromatic heterocycles. The van der Waals surface area contributed by atoms with Gasteiger partial charge in [0.25, 0.3) is 0 Å². The molecule has 0 saturated heterocycles. The van der Waals surface area contributed by atoms with E-state index >= 15 is 0 Å². The SMILES string of the molecule is NC(c1cccnc1)(c1ccc2[nH]c(=O)cc(-c3cccnc3)c2c1)c1cnc[nH]1. The molecule has 0 aliphatic rings. The van der Waals surface area contributed by atoms with Crippen LogP contribution in [0.25, 0.3) is 22.0 Å². The van der Waals surface area contributed by atoms with Gasteiger partial charge in [-0.25, -0.2) is 4.98 Å². The van der Waals surface area contributed by atoms with Gasteiger partial charge >= 0.3 is 0 Å². The number of nitrogens with two attached hydrogens (primary N) is 1. The summed E-state index contributed by atoms with van der Waals surface area (Å²) in [4.78, 5) is 30.9. The fourth-order valence-corrected chi connectivity index (χ4v) is 3.81. The number of H-pyrrole nitrogens is 2. The summed E-state index contributed by atoms with van der Waals surface area (Å²) in [7, 11) is 0. The van der Waals surface area contributed by atoms with Crippen molar-refractivity contribution < 1.29 is 0 Å². The first kappa shape index (κ1) is 18.0. The predicted octanol–water partition coefficient (Wildman–Crippen LogP) is 2.96. The number of aromatic nitrogens is 5. The van der Waals surface area contributed by atoms with Gasteiger partial charge in [-0.3, -0.25) is 14.8 Å². The summed E-state index contributed by atoms with van der Waals surface area (Å²) in [5.41, 5.74) is 10.6. The molecule has 4 heterocycles.